The van der Waals surface area contributed by atoms with E-state index in [0.29, 0.717) is 16.2 Å². The fourth-order valence-corrected chi connectivity index (χ4v) is 3.49. The highest BCUT2D eigenvalue weighted by atomic mass is 32.1. The van der Waals surface area contributed by atoms with E-state index < -0.39 is 5.97 Å². The van der Waals surface area contributed by atoms with E-state index in [1.54, 1.807) is 16.7 Å². The van der Waals surface area contributed by atoms with Gasteiger partial charge in [-0.15, -0.1) is 0 Å². The first-order chi connectivity index (χ1) is 11.0. The molecule has 0 unspecified atom stereocenters. The summed E-state index contributed by atoms with van der Waals surface area (Å²) in [4.78, 5) is 20.0. The first kappa shape index (κ1) is 13.8. The Hall–Kier alpha value is -2.80. The van der Waals surface area contributed by atoms with Gasteiger partial charge in [-0.2, -0.15) is 0 Å². The summed E-state index contributed by atoms with van der Waals surface area (Å²) in [6, 6.07) is 6.54. The van der Waals surface area contributed by atoms with Crippen LogP contribution in [0.3, 0.4) is 0 Å². The summed E-state index contributed by atoms with van der Waals surface area (Å²) in [5.41, 5.74) is 2.57. The van der Waals surface area contributed by atoms with Crippen LogP contribution < -0.4 is 0 Å². The van der Waals surface area contributed by atoms with Crippen LogP contribution in [-0.4, -0.2) is 25.4 Å². The third-order valence-electron chi connectivity index (χ3n) is 3.60. The zero-order valence-corrected chi connectivity index (χ0v) is 12.8. The molecule has 5 nitrogen and oxygen atoms in total. The van der Waals surface area contributed by atoms with Crippen LogP contribution in [0.25, 0.3) is 26.4 Å². The number of aromatic carboxylic acids is 1. The first-order valence-corrected chi connectivity index (χ1v) is 7.62. The molecule has 1 aromatic carbocycles. The van der Waals surface area contributed by atoms with Gasteiger partial charge in [0.2, 0.25) is 0 Å². The Morgan fingerprint density at radius 1 is 1.35 bits per heavy atom. The second kappa shape index (κ2) is 4.85. The van der Waals surface area contributed by atoms with Crippen LogP contribution in [0.1, 0.15) is 16.1 Å². The molecule has 3 heterocycles. The average molecular weight is 327 g/mol. The minimum Gasteiger partial charge on any atom is -0.477 e. The van der Waals surface area contributed by atoms with Crippen molar-refractivity contribution >= 4 is 32.5 Å². The van der Waals surface area contributed by atoms with E-state index in [4.69, 9.17) is 5.11 Å². The summed E-state index contributed by atoms with van der Waals surface area (Å²) in [5.74, 6) is -1.38. The maximum atomic E-state index is 14.1. The van der Waals surface area contributed by atoms with Crippen molar-refractivity contribution in [1.29, 1.82) is 0 Å². The maximum Gasteiger partial charge on any atom is 0.354 e. The molecule has 0 aliphatic rings. The van der Waals surface area contributed by atoms with Gasteiger partial charge in [0.25, 0.3) is 0 Å². The quantitative estimate of drug-likeness (QED) is 0.609. The molecule has 0 atom stereocenters. The number of fused-ring (bicyclic) bond motifs is 3. The third-order valence-corrected chi connectivity index (χ3v) is 4.62. The third kappa shape index (κ3) is 2.17. The predicted octanol–water partition coefficient (Wildman–Crippen LogP) is 3.76. The monoisotopic (exact) mass is 327 g/mol. The number of hydrogen-bond acceptors (Lipinski definition) is 4. The minimum atomic E-state index is -1.07. The normalized spacial score (nSPS) is 11.4. The number of aromatic nitrogens is 3. The summed E-state index contributed by atoms with van der Waals surface area (Å²) in [5, 5.41) is 8.99. The van der Waals surface area contributed by atoms with Crippen molar-refractivity contribution in [3.05, 3.63) is 53.7 Å². The first-order valence-electron chi connectivity index (χ1n) is 6.80. The van der Waals surface area contributed by atoms with E-state index >= 15 is 0 Å². The van der Waals surface area contributed by atoms with E-state index in [9.17, 15) is 9.18 Å². The van der Waals surface area contributed by atoms with Crippen LogP contribution in [0, 0.1) is 12.7 Å². The van der Waals surface area contributed by atoms with E-state index in [-0.39, 0.29) is 11.5 Å². The van der Waals surface area contributed by atoms with Crippen molar-refractivity contribution in [2.45, 2.75) is 6.92 Å². The lowest BCUT2D eigenvalue weighted by Crippen LogP contribution is -1.98. The molecule has 0 saturated carbocycles. The summed E-state index contributed by atoms with van der Waals surface area (Å²) in [6.45, 7) is 1.83. The van der Waals surface area contributed by atoms with Gasteiger partial charge < -0.3 is 5.11 Å². The summed E-state index contributed by atoms with van der Waals surface area (Å²) < 4.78 is 16.7. The van der Waals surface area contributed by atoms with Gasteiger partial charge in [0.1, 0.15) is 11.5 Å². The molecule has 4 aromatic rings. The number of thiazole rings is 1. The Kier molecular flexibility index (Phi) is 2.92. The molecule has 7 heteroatoms. The van der Waals surface area contributed by atoms with Crippen molar-refractivity contribution in [3.63, 3.8) is 0 Å². The average Bonchev–Trinajstić information content (AvgIpc) is 3.03. The van der Waals surface area contributed by atoms with Crippen LogP contribution in [0.15, 0.2) is 36.7 Å². The number of nitrogens with zero attached hydrogens (tertiary/aromatic N) is 3. The van der Waals surface area contributed by atoms with Gasteiger partial charge in [-0.1, -0.05) is 17.4 Å². The largest absolute Gasteiger partial charge is 0.477 e. The number of aryl methyl sites for hydroxylation is 1. The molecule has 0 bridgehead atoms. The van der Waals surface area contributed by atoms with E-state index in [1.807, 2.05) is 13.0 Å². The lowest BCUT2D eigenvalue weighted by Gasteiger charge is -2.00. The summed E-state index contributed by atoms with van der Waals surface area (Å²) in [6.07, 6.45) is 3.24. The van der Waals surface area contributed by atoms with E-state index in [0.717, 1.165) is 15.8 Å². The summed E-state index contributed by atoms with van der Waals surface area (Å²) in [7, 11) is 0. The number of benzene rings is 1. The lowest BCUT2D eigenvalue weighted by molar-refractivity contribution is 0.0691. The number of hydrogen-bond donors (Lipinski definition) is 1. The van der Waals surface area contributed by atoms with Gasteiger partial charge in [0.15, 0.2) is 4.96 Å². The second-order valence-corrected chi connectivity index (χ2v) is 6.22. The molecular weight excluding hydrogens is 317 g/mol. The highest BCUT2D eigenvalue weighted by molar-refractivity contribution is 7.23. The molecule has 0 aliphatic carbocycles. The number of pyridine rings is 1. The van der Waals surface area contributed by atoms with Gasteiger partial charge in [0.05, 0.1) is 22.1 Å². The van der Waals surface area contributed by atoms with Crippen molar-refractivity contribution in [1.82, 2.24) is 14.4 Å². The van der Waals surface area contributed by atoms with Crippen molar-refractivity contribution < 1.29 is 14.3 Å². The number of carbonyl (C=O) groups is 1. The highest BCUT2D eigenvalue weighted by Gasteiger charge is 2.15. The Labute approximate surface area is 133 Å². The standard InChI is InChI=1S/C16H10FN3O2S/c1-8-2-3-9(10(17)4-8)12-7-20-13-6-18-11(15(21)22)5-14(13)23-16(20)19-12/h2-7H,1H3,(H,21,22). The Morgan fingerprint density at radius 3 is 2.91 bits per heavy atom. The SMILES string of the molecule is Cc1ccc(-c2cn3c(n2)sc2cc(C(=O)O)ncc23)c(F)c1. The molecule has 4 rings (SSSR count). The molecule has 0 amide bonds. The van der Waals surface area contributed by atoms with Crippen LogP contribution in [-0.2, 0) is 0 Å². The number of carboxylic acid groups (broad SMARTS) is 1. The van der Waals surface area contributed by atoms with E-state index in [2.05, 4.69) is 9.97 Å². The molecule has 1 N–H and O–H groups in total. The fourth-order valence-electron chi connectivity index (χ4n) is 2.47. The van der Waals surface area contributed by atoms with Gasteiger partial charge in [-0.3, -0.25) is 4.40 Å². The fraction of sp³-hybridized carbons (Fsp3) is 0.0625. The number of carboxylic acids is 1. The van der Waals surface area contributed by atoms with Crippen LogP contribution >= 0.6 is 11.3 Å². The van der Waals surface area contributed by atoms with Crippen LogP contribution in [0.5, 0.6) is 0 Å². The minimum absolute atomic E-state index is 0.00759. The van der Waals surface area contributed by atoms with Crippen LogP contribution in [0.4, 0.5) is 4.39 Å². The molecule has 0 spiro atoms. The van der Waals surface area contributed by atoms with E-state index in [1.165, 1.54) is 29.7 Å². The number of imidazole rings is 1. The Morgan fingerprint density at radius 2 is 2.17 bits per heavy atom. The van der Waals surface area contributed by atoms with Crippen molar-refractivity contribution in [3.8, 4) is 11.3 Å². The van der Waals surface area contributed by atoms with Crippen molar-refractivity contribution in [2.75, 3.05) is 0 Å². The van der Waals surface area contributed by atoms with Gasteiger partial charge in [0, 0.05) is 11.8 Å². The smallest absolute Gasteiger partial charge is 0.354 e. The molecule has 114 valence electrons. The molecule has 3 aromatic heterocycles. The highest BCUT2D eigenvalue weighted by Crippen LogP contribution is 2.30. The molecule has 0 radical (unpaired) electrons. The summed E-state index contributed by atoms with van der Waals surface area (Å²) >= 11 is 1.34. The topological polar surface area (TPSA) is 67.5 Å². The zero-order chi connectivity index (χ0) is 16.1. The van der Waals surface area contributed by atoms with Gasteiger partial charge in [-0.25, -0.2) is 19.2 Å². The number of rotatable bonds is 2. The Balaban J connectivity index is 1.90. The predicted molar refractivity (Wildman–Crippen MR) is 85.5 cm³/mol. The molecule has 0 saturated heterocycles. The maximum absolute atomic E-state index is 14.1. The zero-order valence-electron chi connectivity index (χ0n) is 11.9. The molecule has 23 heavy (non-hydrogen) atoms. The van der Waals surface area contributed by atoms with Crippen molar-refractivity contribution in [2.24, 2.45) is 0 Å². The number of halogens is 1. The van der Waals surface area contributed by atoms with Crippen LogP contribution in [0.2, 0.25) is 0 Å². The molecular formula is C16H10FN3O2S. The molecule has 0 aliphatic heterocycles. The second-order valence-electron chi connectivity index (χ2n) is 5.21. The van der Waals surface area contributed by atoms with Gasteiger partial charge >= 0.3 is 5.97 Å². The Bertz CT molecular complexity index is 1080. The lowest BCUT2D eigenvalue weighted by atomic mass is 10.1. The molecule has 0 fully saturated rings. The van der Waals surface area contributed by atoms with Gasteiger partial charge in [-0.05, 0) is 30.7 Å².